The van der Waals surface area contributed by atoms with E-state index in [1.54, 1.807) is 12.1 Å². The minimum atomic E-state index is -0.298. The molecule has 0 radical (unpaired) electrons. The van der Waals surface area contributed by atoms with Crippen molar-refractivity contribution >= 4 is 44.5 Å². The van der Waals surface area contributed by atoms with Crippen LogP contribution < -0.4 is 0 Å². The number of hydrogen-bond donors (Lipinski definition) is 0. The Bertz CT molecular complexity index is 326. The third-order valence-corrected chi connectivity index (χ3v) is 4.28. The maximum atomic E-state index is 11.2. The molecule has 4 heteroatoms. The summed E-state index contributed by atoms with van der Waals surface area (Å²) in [6, 6.07) is 3.60. The number of carbonyl (C=O) groups excluding carboxylic acids is 1. The molecule has 0 spiro atoms. The molecule has 13 heavy (non-hydrogen) atoms. The predicted molar refractivity (Wildman–Crippen MR) is 62.9 cm³/mol. The molecule has 1 aromatic rings. The van der Waals surface area contributed by atoms with E-state index in [2.05, 4.69) is 43.3 Å². The number of carbonyl (C=O) groups is 1. The second kappa shape index (κ2) is 4.41. The van der Waals surface area contributed by atoms with Crippen molar-refractivity contribution < 1.29 is 9.53 Å². The van der Waals surface area contributed by atoms with Crippen LogP contribution in [0.25, 0.3) is 0 Å². The van der Waals surface area contributed by atoms with Gasteiger partial charge in [0.1, 0.15) is 0 Å². The first-order valence-electron chi connectivity index (χ1n) is 3.60. The van der Waals surface area contributed by atoms with Crippen LogP contribution in [0.5, 0.6) is 0 Å². The van der Waals surface area contributed by atoms with Crippen molar-refractivity contribution in [2.75, 3.05) is 7.11 Å². The zero-order valence-corrected chi connectivity index (χ0v) is 11.0. The van der Waals surface area contributed by atoms with E-state index in [1.807, 2.05) is 6.92 Å². The van der Waals surface area contributed by atoms with Crippen LogP contribution in [0.2, 0.25) is 0 Å². The second-order valence-electron chi connectivity index (χ2n) is 2.58. The molecule has 1 rings (SSSR count). The fourth-order valence-electron chi connectivity index (χ4n) is 0.962. The van der Waals surface area contributed by atoms with E-state index in [9.17, 15) is 4.79 Å². The maximum Gasteiger partial charge on any atom is 0.337 e. The Morgan fingerprint density at radius 1 is 1.54 bits per heavy atom. The minimum absolute atomic E-state index is 0.298. The number of esters is 1. The fourth-order valence-corrected chi connectivity index (χ4v) is 1.95. The first-order chi connectivity index (χ1) is 6.06. The molecule has 0 bridgehead atoms. The van der Waals surface area contributed by atoms with Gasteiger partial charge in [-0.15, -0.1) is 0 Å². The summed E-state index contributed by atoms with van der Waals surface area (Å²) in [5, 5.41) is 0. The number of rotatable bonds is 1. The van der Waals surface area contributed by atoms with Gasteiger partial charge in [-0.05, 0) is 63.1 Å². The van der Waals surface area contributed by atoms with E-state index >= 15 is 0 Å². The van der Waals surface area contributed by atoms with Crippen molar-refractivity contribution in [2.24, 2.45) is 0 Å². The van der Waals surface area contributed by atoms with Crippen LogP contribution in [0, 0.1) is 10.5 Å². The molecule has 0 atom stereocenters. The number of aryl methyl sites for hydroxylation is 1. The lowest BCUT2D eigenvalue weighted by atomic mass is 10.1. The van der Waals surface area contributed by atoms with Gasteiger partial charge >= 0.3 is 5.97 Å². The lowest BCUT2D eigenvalue weighted by Crippen LogP contribution is -2.02. The van der Waals surface area contributed by atoms with Gasteiger partial charge in [0.2, 0.25) is 0 Å². The SMILES string of the molecule is COC(=O)c1cc(C)c(Br)c(I)c1. The van der Waals surface area contributed by atoms with E-state index in [1.165, 1.54) is 7.11 Å². The van der Waals surface area contributed by atoms with Crippen molar-refractivity contribution in [2.45, 2.75) is 6.92 Å². The summed E-state index contributed by atoms with van der Waals surface area (Å²) in [5.74, 6) is -0.298. The molecule has 0 aromatic heterocycles. The van der Waals surface area contributed by atoms with Gasteiger partial charge in [-0.2, -0.15) is 0 Å². The Balaban J connectivity index is 3.20. The highest BCUT2D eigenvalue weighted by Crippen LogP contribution is 2.24. The summed E-state index contributed by atoms with van der Waals surface area (Å²) in [5.41, 5.74) is 1.62. The Morgan fingerprint density at radius 2 is 2.15 bits per heavy atom. The lowest BCUT2D eigenvalue weighted by Gasteiger charge is -2.04. The van der Waals surface area contributed by atoms with Crippen LogP contribution in [0.1, 0.15) is 15.9 Å². The van der Waals surface area contributed by atoms with Gasteiger partial charge in [-0.1, -0.05) is 0 Å². The molecule has 0 aliphatic heterocycles. The normalized spacial score (nSPS) is 9.85. The van der Waals surface area contributed by atoms with Gasteiger partial charge in [-0.3, -0.25) is 0 Å². The third kappa shape index (κ3) is 2.43. The first-order valence-corrected chi connectivity index (χ1v) is 5.47. The molecular formula is C9H8BrIO2. The van der Waals surface area contributed by atoms with Crippen molar-refractivity contribution in [1.29, 1.82) is 0 Å². The Kier molecular flexibility index (Phi) is 3.73. The predicted octanol–water partition coefficient (Wildman–Crippen LogP) is 3.15. The number of methoxy groups -OCH3 is 1. The fraction of sp³-hybridized carbons (Fsp3) is 0.222. The van der Waals surface area contributed by atoms with E-state index in [0.717, 1.165) is 13.6 Å². The van der Waals surface area contributed by atoms with E-state index < -0.39 is 0 Å². The Hall–Kier alpha value is -0.100. The quantitative estimate of drug-likeness (QED) is 0.572. The van der Waals surface area contributed by atoms with Gasteiger partial charge in [0, 0.05) is 8.04 Å². The van der Waals surface area contributed by atoms with Crippen LogP contribution in [-0.2, 0) is 4.74 Å². The van der Waals surface area contributed by atoms with Crippen molar-refractivity contribution in [3.05, 3.63) is 31.3 Å². The molecule has 0 aliphatic carbocycles. The third-order valence-electron chi connectivity index (χ3n) is 1.63. The van der Waals surface area contributed by atoms with Gasteiger partial charge in [0.25, 0.3) is 0 Å². The minimum Gasteiger partial charge on any atom is -0.465 e. The van der Waals surface area contributed by atoms with Crippen LogP contribution in [0.3, 0.4) is 0 Å². The van der Waals surface area contributed by atoms with Crippen molar-refractivity contribution in [3.8, 4) is 0 Å². The van der Waals surface area contributed by atoms with E-state index in [0.29, 0.717) is 5.56 Å². The summed E-state index contributed by atoms with van der Waals surface area (Å²) in [6.45, 7) is 1.94. The largest absolute Gasteiger partial charge is 0.465 e. The highest BCUT2D eigenvalue weighted by atomic mass is 127. The lowest BCUT2D eigenvalue weighted by molar-refractivity contribution is 0.0600. The van der Waals surface area contributed by atoms with Crippen LogP contribution in [-0.4, -0.2) is 13.1 Å². The Labute approximate surface area is 98.9 Å². The number of ether oxygens (including phenoxy) is 1. The average molecular weight is 355 g/mol. The molecule has 70 valence electrons. The summed E-state index contributed by atoms with van der Waals surface area (Å²) >= 11 is 5.60. The van der Waals surface area contributed by atoms with Gasteiger partial charge < -0.3 is 4.74 Å². The molecule has 2 nitrogen and oxygen atoms in total. The molecule has 0 unspecified atom stereocenters. The average Bonchev–Trinajstić information content (AvgIpc) is 2.12. The van der Waals surface area contributed by atoms with Gasteiger partial charge in [0.15, 0.2) is 0 Å². The molecule has 1 aromatic carbocycles. The van der Waals surface area contributed by atoms with Gasteiger partial charge in [-0.25, -0.2) is 4.79 Å². The van der Waals surface area contributed by atoms with Crippen molar-refractivity contribution in [1.82, 2.24) is 0 Å². The number of halogens is 2. The number of hydrogen-bond acceptors (Lipinski definition) is 2. The summed E-state index contributed by atoms with van der Waals surface area (Å²) in [7, 11) is 1.38. The highest BCUT2D eigenvalue weighted by Gasteiger charge is 2.09. The summed E-state index contributed by atoms with van der Waals surface area (Å²) < 4.78 is 6.67. The van der Waals surface area contributed by atoms with Crippen LogP contribution >= 0.6 is 38.5 Å². The summed E-state index contributed by atoms with van der Waals surface area (Å²) in [4.78, 5) is 11.2. The second-order valence-corrected chi connectivity index (χ2v) is 4.54. The molecule has 0 saturated heterocycles. The standard InChI is InChI=1S/C9H8BrIO2/c1-5-3-6(9(12)13-2)4-7(11)8(5)10/h3-4H,1-2H3. The molecule has 0 saturated carbocycles. The number of benzene rings is 1. The zero-order chi connectivity index (χ0) is 10.0. The molecule has 0 N–H and O–H groups in total. The van der Waals surface area contributed by atoms with E-state index in [4.69, 9.17) is 0 Å². The zero-order valence-electron chi connectivity index (χ0n) is 7.23. The van der Waals surface area contributed by atoms with E-state index in [-0.39, 0.29) is 5.97 Å². The van der Waals surface area contributed by atoms with Crippen LogP contribution in [0.15, 0.2) is 16.6 Å². The van der Waals surface area contributed by atoms with Gasteiger partial charge in [0.05, 0.1) is 12.7 Å². The summed E-state index contributed by atoms with van der Waals surface area (Å²) in [6.07, 6.45) is 0. The monoisotopic (exact) mass is 354 g/mol. The molecule has 0 aliphatic rings. The molecular weight excluding hydrogens is 347 g/mol. The smallest absolute Gasteiger partial charge is 0.337 e. The Morgan fingerprint density at radius 3 is 2.62 bits per heavy atom. The molecule has 0 amide bonds. The molecule has 0 heterocycles. The molecule has 0 fully saturated rings. The highest BCUT2D eigenvalue weighted by molar-refractivity contribution is 14.1. The first kappa shape index (κ1) is 11.0. The van der Waals surface area contributed by atoms with Crippen molar-refractivity contribution in [3.63, 3.8) is 0 Å². The maximum absolute atomic E-state index is 11.2. The topological polar surface area (TPSA) is 26.3 Å². The van der Waals surface area contributed by atoms with Crippen LogP contribution in [0.4, 0.5) is 0 Å².